The Morgan fingerprint density at radius 3 is 2.62 bits per heavy atom. The predicted octanol–water partition coefficient (Wildman–Crippen LogP) is 3.92. The number of hydrogen-bond donors (Lipinski definition) is 1. The van der Waals surface area contributed by atoms with E-state index in [2.05, 4.69) is 19.9 Å². The molecule has 1 nitrogen and oxygen atoms in total. The van der Waals surface area contributed by atoms with E-state index in [9.17, 15) is 5.11 Å². The third-order valence-electron chi connectivity index (χ3n) is 5.16. The second-order valence-corrected chi connectivity index (χ2v) is 6.66. The monoisotopic (exact) mass is 222 g/mol. The van der Waals surface area contributed by atoms with Gasteiger partial charge in [0, 0.05) is 0 Å². The van der Waals surface area contributed by atoms with Crippen molar-refractivity contribution in [2.24, 2.45) is 17.3 Å². The van der Waals surface area contributed by atoms with E-state index >= 15 is 0 Å². The molecule has 0 aliphatic heterocycles. The lowest BCUT2D eigenvalue weighted by Crippen LogP contribution is -2.40. The number of hydrogen-bond acceptors (Lipinski definition) is 1. The van der Waals surface area contributed by atoms with Crippen LogP contribution in [0.2, 0.25) is 0 Å². The summed E-state index contributed by atoms with van der Waals surface area (Å²) >= 11 is 0. The maximum Gasteiger partial charge on any atom is 0.0800 e. The van der Waals surface area contributed by atoms with Crippen LogP contribution in [0.5, 0.6) is 0 Å². The summed E-state index contributed by atoms with van der Waals surface area (Å²) in [5.74, 6) is 1.62. The van der Waals surface area contributed by atoms with Crippen molar-refractivity contribution in [3.63, 3.8) is 0 Å². The zero-order valence-corrected chi connectivity index (χ0v) is 11.2. The van der Waals surface area contributed by atoms with Gasteiger partial charge in [-0.1, -0.05) is 26.3 Å². The molecule has 3 atom stereocenters. The molecule has 0 amide bonds. The molecule has 0 bridgehead atoms. The highest BCUT2D eigenvalue weighted by Crippen LogP contribution is 2.52. The van der Waals surface area contributed by atoms with Crippen molar-refractivity contribution in [3.05, 3.63) is 11.6 Å². The zero-order chi connectivity index (χ0) is 12.0. The summed E-state index contributed by atoms with van der Waals surface area (Å²) in [4.78, 5) is 0. The quantitative estimate of drug-likeness (QED) is 0.667. The van der Waals surface area contributed by atoms with Crippen molar-refractivity contribution in [3.8, 4) is 0 Å². The van der Waals surface area contributed by atoms with Gasteiger partial charge >= 0.3 is 0 Å². The molecule has 1 N–H and O–H groups in total. The lowest BCUT2D eigenvalue weighted by molar-refractivity contribution is 0.0619. The lowest BCUT2D eigenvalue weighted by atomic mass is 9.57. The molecular weight excluding hydrogens is 196 g/mol. The Labute approximate surface area is 99.9 Å². The molecule has 0 spiro atoms. The number of aliphatic hydroxyl groups is 1. The molecule has 0 aromatic heterocycles. The second-order valence-electron chi connectivity index (χ2n) is 6.66. The van der Waals surface area contributed by atoms with E-state index in [1.54, 1.807) is 0 Å². The van der Waals surface area contributed by atoms with Gasteiger partial charge in [0.1, 0.15) is 0 Å². The summed E-state index contributed by atoms with van der Waals surface area (Å²) in [7, 11) is 0. The summed E-state index contributed by atoms with van der Waals surface area (Å²) in [5.41, 5.74) is 0.983. The molecule has 0 aromatic carbocycles. The van der Waals surface area contributed by atoms with Crippen LogP contribution in [-0.4, -0.2) is 10.7 Å². The van der Waals surface area contributed by atoms with Gasteiger partial charge in [0.25, 0.3) is 0 Å². The zero-order valence-electron chi connectivity index (χ0n) is 11.2. The molecule has 0 radical (unpaired) electrons. The van der Waals surface area contributed by atoms with Gasteiger partial charge in [-0.2, -0.15) is 0 Å². The number of rotatable bonds is 1. The van der Waals surface area contributed by atoms with Crippen molar-refractivity contribution >= 4 is 0 Å². The van der Waals surface area contributed by atoms with Crippen LogP contribution in [0.25, 0.3) is 0 Å². The van der Waals surface area contributed by atoms with Crippen LogP contribution < -0.4 is 0 Å². The molecule has 2 rings (SSSR count). The molecular formula is C15H26O. The third-order valence-corrected chi connectivity index (χ3v) is 5.16. The van der Waals surface area contributed by atoms with Gasteiger partial charge in [-0.05, 0) is 62.4 Å². The minimum Gasteiger partial charge on any atom is -0.386 e. The molecule has 92 valence electrons. The van der Waals surface area contributed by atoms with Crippen LogP contribution in [-0.2, 0) is 0 Å². The van der Waals surface area contributed by atoms with Gasteiger partial charge in [-0.25, -0.2) is 0 Å². The van der Waals surface area contributed by atoms with Crippen molar-refractivity contribution in [2.75, 3.05) is 0 Å². The third kappa shape index (κ3) is 1.95. The maximum absolute atomic E-state index is 10.2. The average Bonchev–Trinajstić information content (AvgIpc) is 2.17. The first-order valence-electron chi connectivity index (χ1n) is 6.78. The van der Waals surface area contributed by atoms with Gasteiger partial charge in [-0.15, -0.1) is 0 Å². The van der Waals surface area contributed by atoms with Crippen LogP contribution in [0.15, 0.2) is 11.6 Å². The van der Waals surface area contributed by atoms with Crippen LogP contribution in [0.3, 0.4) is 0 Å². The molecule has 1 unspecified atom stereocenters. The topological polar surface area (TPSA) is 20.2 Å². The molecule has 2 aliphatic rings. The standard InChI is InChI=1S/C15H26O/c1-11-6-5-7-12-8-9-13(14(2,3)16)10-15(11,12)4/h10-12,16H,5-9H2,1-4H3/t11-,12?,15+/m0/s1. The summed E-state index contributed by atoms with van der Waals surface area (Å²) in [6.45, 7) is 8.65. The first kappa shape index (κ1) is 12.2. The van der Waals surface area contributed by atoms with Crippen molar-refractivity contribution in [1.29, 1.82) is 0 Å². The molecule has 0 aromatic rings. The molecule has 0 heterocycles. The number of fused-ring (bicyclic) bond motifs is 1. The van der Waals surface area contributed by atoms with Gasteiger partial charge in [0.15, 0.2) is 0 Å². The SMILES string of the molecule is C[C@H]1CCCC2CCC(C(C)(C)O)=C[C@@]21C. The maximum atomic E-state index is 10.2. The first-order valence-corrected chi connectivity index (χ1v) is 6.78. The molecule has 2 aliphatic carbocycles. The first-order chi connectivity index (χ1) is 7.34. The Balaban J connectivity index is 2.32. The van der Waals surface area contributed by atoms with Crippen LogP contribution in [0.4, 0.5) is 0 Å². The smallest absolute Gasteiger partial charge is 0.0800 e. The van der Waals surface area contributed by atoms with Crippen LogP contribution in [0, 0.1) is 17.3 Å². The largest absolute Gasteiger partial charge is 0.386 e. The minimum atomic E-state index is -0.620. The highest BCUT2D eigenvalue weighted by Gasteiger charge is 2.43. The molecule has 0 saturated heterocycles. The van der Waals surface area contributed by atoms with E-state index in [0.29, 0.717) is 5.41 Å². The highest BCUT2D eigenvalue weighted by atomic mass is 16.3. The molecule has 1 fully saturated rings. The lowest BCUT2D eigenvalue weighted by Gasteiger charge is -2.49. The van der Waals surface area contributed by atoms with E-state index in [-0.39, 0.29) is 0 Å². The summed E-state index contributed by atoms with van der Waals surface area (Å²) < 4.78 is 0. The van der Waals surface area contributed by atoms with E-state index in [0.717, 1.165) is 18.3 Å². The van der Waals surface area contributed by atoms with E-state index in [1.807, 2.05) is 13.8 Å². The van der Waals surface area contributed by atoms with E-state index < -0.39 is 5.60 Å². The Morgan fingerprint density at radius 1 is 1.31 bits per heavy atom. The highest BCUT2D eigenvalue weighted by molar-refractivity contribution is 5.23. The Morgan fingerprint density at radius 2 is 2.00 bits per heavy atom. The molecule has 1 heteroatoms. The minimum absolute atomic E-state index is 0.339. The fourth-order valence-electron chi connectivity index (χ4n) is 3.67. The normalized spacial score (nSPS) is 40.2. The Bertz CT molecular complexity index is 297. The van der Waals surface area contributed by atoms with Crippen molar-refractivity contribution < 1.29 is 5.11 Å². The van der Waals surface area contributed by atoms with Gasteiger partial charge < -0.3 is 5.11 Å². The summed E-state index contributed by atoms with van der Waals surface area (Å²) in [6, 6.07) is 0. The fraction of sp³-hybridized carbons (Fsp3) is 0.867. The van der Waals surface area contributed by atoms with Crippen LogP contribution >= 0.6 is 0 Å². The van der Waals surface area contributed by atoms with Gasteiger partial charge in [0.2, 0.25) is 0 Å². The molecule has 1 saturated carbocycles. The summed E-state index contributed by atoms with van der Waals surface area (Å²) in [6.07, 6.45) is 8.92. The van der Waals surface area contributed by atoms with Crippen molar-refractivity contribution in [1.82, 2.24) is 0 Å². The van der Waals surface area contributed by atoms with Gasteiger partial charge in [0.05, 0.1) is 5.60 Å². The number of allylic oxidation sites excluding steroid dienone is 1. The molecule has 16 heavy (non-hydrogen) atoms. The average molecular weight is 222 g/mol. The van der Waals surface area contributed by atoms with Gasteiger partial charge in [-0.3, -0.25) is 0 Å². The predicted molar refractivity (Wildman–Crippen MR) is 68.2 cm³/mol. The van der Waals surface area contributed by atoms with Crippen LogP contribution in [0.1, 0.15) is 59.8 Å². The Kier molecular flexibility index (Phi) is 2.94. The Hall–Kier alpha value is -0.300. The van der Waals surface area contributed by atoms with E-state index in [1.165, 1.54) is 31.3 Å². The fourth-order valence-corrected chi connectivity index (χ4v) is 3.67. The van der Waals surface area contributed by atoms with Crippen molar-refractivity contribution in [2.45, 2.75) is 65.4 Å². The summed E-state index contributed by atoms with van der Waals surface area (Å²) in [5, 5.41) is 10.2. The second kappa shape index (κ2) is 3.87. The van der Waals surface area contributed by atoms with E-state index in [4.69, 9.17) is 0 Å².